The predicted molar refractivity (Wildman–Crippen MR) is 71.4 cm³/mol. The predicted octanol–water partition coefficient (Wildman–Crippen LogP) is 3.82. The Morgan fingerprint density at radius 1 is 1.24 bits per heavy atom. The molecule has 0 saturated carbocycles. The highest BCUT2D eigenvalue weighted by Gasteiger charge is 2.34. The fourth-order valence-electron chi connectivity index (χ4n) is 1.88. The summed E-state index contributed by atoms with van der Waals surface area (Å²) in [7, 11) is 0. The number of nitrogens with zero attached hydrogens (tertiary/aromatic N) is 2. The number of rotatable bonds is 5. The minimum atomic E-state index is -4.46. The lowest BCUT2D eigenvalue weighted by atomic mass is 10.1. The Morgan fingerprint density at radius 2 is 1.95 bits per heavy atom. The number of alkyl halides is 3. The van der Waals surface area contributed by atoms with E-state index < -0.39 is 11.7 Å². The zero-order valence-electron chi connectivity index (χ0n) is 11.7. The molecule has 1 unspecified atom stereocenters. The number of aromatic nitrogens is 2. The summed E-state index contributed by atoms with van der Waals surface area (Å²) in [6.07, 6.45) is -3.53. The number of hydrogen-bond acceptors (Lipinski definition) is 4. The lowest BCUT2D eigenvalue weighted by molar-refractivity contribution is -0.137. The van der Waals surface area contributed by atoms with Crippen molar-refractivity contribution < 1.29 is 17.6 Å². The Labute approximate surface area is 120 Å². The van der Waals surface area contributed by atoms with Crippen LogP contribution < -0.4 is 5.32 Å². The van der Waals surface area contributed by atoms with E-state index in [1.54, 1.807) is 0 Å². The standard InChI is InChI=1S/C14H16F3N3O/c1-3-8-18-9(2)12-19-20-13(21-12)10-6-4-5-7-11(10)14(15,16)17/h4-7,9,18H,3,8H2,1-2H3. The van der Waals surface area contributed by atoms with Crippen LogP contribution in [0.3, 0.4) is 0 Å². The van der Waals surface area contributed by atoms with Gasteiger partial charge in [0.25, 0.3) is 0 Å². The molecule has 1 atom stereocenters. The van der Waals surface area contributed by atoms with Crippen LogP contribution in [0.15, 0.2) is 28.7 Å². The molecule has 2 rings (SSSR count). The molecule has 2 aromatic rings. The smallest absolute Gasteiger partial charge is 0.417 e. The average Bonchev–Trinajstić information content (AvgIpc) is 2.93. The lowest BCUT2D eigenvalue weighted by Crippen LogP contribution is -2.19. The largest absolute Gasteiger partial charge is 0.419 e. The molecular formula is C14H16F3N3O. The molecule has 21 heavy (non-hydrogen) atoms. The molecule has 0 amide bonds. The first kappa shape index (κ1) is 15.5. The molecule has 1 aromatic heterocycles. The molecule has 0 radical (unpaired) electrons. The molecule has 0 aliphatic rings. The van der Waals surface area contributed by atoms with Gasteiger partial charge in [-0.2, -0.15) is 13.2 Å². The third kappa shape index (κ3) is 3.60. The second kappa shape index (κ2) is 6.26. The molecule has 0 saturated heterocycles. The summed E-state index contributed by atoms with van der Waals surface area (Å²) in [6.45, 7) is 4.60. The van der Waals surface area contributed by atoms with Crippen LogP contribution in [-0.4, -0.2) is 16.7 Å². The normalized spacial score (nSPS) is 13.4. The van der Waals surface area contributed by atoms with Gasteiger partial charge in [-0.3, -0.25) is 0 Å². The number of halogens is 3. The Bertz CT molecular complexity index is 595. The quantitative estimate of drug-likeness (QED) is 0.912. The molecule has 1 aromatic carbocycles. The SMILES string of the molecule is CCCNC(C)c1nnc(-c2ccccc2C(F)(F)F)o1. The molecule has 0 fully saturated rings. The third-order valence-corrected chi connectivity index (χ3v) is 2.97. The van der Waals surface area contributed by atoms with Gasteiger partial charge in [0.05, 0.1) is 17.2 Å². The highest BCUT2D eigenvalue weighted by atomic mass is 19.4. The van der Waals surface area contributed by atoms with Crippen LogP contribution in [0.2, 0.25) is 0 Å². The van der Waals surface area contributed by atoms with Gasteiger partial charge < -0.3 is 9.73 Å². The first-order valence-electron chi connectivity index (χ1n) is 6.67. The highest BCUT2D eigenvalue weighted by molar-refractivity contribution is 5.59. The zero-order valence-corrected chi connectivity index (χ0v) is 11.7. The molecule has 4 nitrogen and oxygen atoms in total. The number of nitrogens with one attached hydrogen (secondary N) is 1. The van der Waals surface area contributed by atoms with Crippen molar-refractivity contribution in [3.8, 4) is 11.5 Å². The molecule has 0 bridgehead atoms. The van der Waals surface area contributed by atoms with E-state index in [-0.39, 0.29) is 23.4 Å². The molecular weight excluding hydrogens is 283 g/mol. The number of hydrogen-bond donors (Lipinski definition) is 1. The van der Waals surface area contributed by atoms with E-state index in [4.69, 9.17) is 4.42 Å². The van der Waals surface area contributed by atoms with Crippen molar-refractivity contribution in [2.75, 3.05) is 6.54 Å². The zero-order chi connectivity index (χ0) is 15.5. The first-order valence-corrected chi connectivity index (χ1v) is 6.67. The van der Waals surface area contributed by atoms with Gasteiger partial charge in [0.2, 0.25) is 11.8 Å². The van der Waals surface area contributed by atoms with E-state index in [0.717, 1.165) is 19.0 Å². The van der Waals surface area contributed by atoms with Crippen molar-refractivity contribution in [3.63, 3.8) is 0 Å². The first-order chi connectivity index (χ1) is 9.93. The van der Waals surface area contributed by atoms with E-state index in [9.17, 15) is 13.2 Å². The minimum Gasteiger partial charge on any atom is -0.419 e. The Morgan fingerprint density at radius 3 is 2.62 bits per heavy atom. The molecule has 7 heteroatoms. The second-order valence-electron chi connectivity index (χ2n) is 4.66. The van der Waals surface area contributed by atoms with Crippen molar-refractivity contribution in [3.05, 3.63) is 35.7 Å². The van der Waals surface area contributed by atoms with Crippen LogP contribution >= 0.6 is 0 Å². The van der Waals surface area contributed by atoms with Crippen molar-refractivity contribution >= 4 is 0 Å². The maximum atomic E-state index is 13.0. The Hall–Kier alpha value is -1.89. The maximum absolute atomic E-state index is 13.0. The van der Waals surface area contributed by atoms with Crippen LogP contribution in [0.4, 0.5) is 13.2 Å². The van der Waals surface area contributed by atoms with Gasteiger partial charge in [0.1, 0.15) is 0 Å². The summed E-state index contributed by atoms with van der Waals surface area (Å²) >= 11 is 0. The summed E-state index contributed by atoms with van der Waals surface area (Å²) in [5, 5.41) is 10.7. The molecule has 0 aliphatic carbocycles. The van der Waals surface area contributed by atoms with E-state index in [2.05, 4.69) is 15.5 Å². The Kier molecular flexibility index (Phi) is 4.62. The van der Waals surface area contributed by atoms with E-state index in [1.165, 1.54) is 18.2 Å². The maximum Gasteiger partial charge on any atom is 0.417 e. The molecule has 1 N–H and O–H groups in total. The van der Waals surface area contributed by atoms with E-state index >= 15 is 0 Å². The monoisotopic (exact) mass is 299 g/mol. The van der Waals surface area contributed by atoms with Crippen molar-refractivity contribution in [1.82, 2.24) is 15.5 Å². The highest BCUT2D eigenvalue weighted by Crippen LogP contribution is 2.36. The van der Waals surface area contributed by atoms with Crippen molar-refractivity contribution in [1.29, 1.82) is 0 Å². The molecule has 0 aliphatic heterocycles. The average molecular weight is 299 g/mol. The minimum absolute atomic E-state index is 0.105. The summed E-state index contributed by atoms with van der Waals surface area (Å²) in [5.41, 5.74) is -0.888. The lowest BCUT2D eigenvalue weighted by Gasteiger charge is -2.10. The van der Waals surface area contributed by atoms with Crippen molar-refractivity contribution in [2.24, 2.45) is 0 Å². The van der Waals surface area contributed by atoms with Gasteiger partial charge in [-0.25, -0.2) is 0 Å². The van der Waals surface area contributed by atoms with Crippen LogP contribution in [0, 0.1) is 0 Å². The Balaban J connectivity index is 2.30. The summed E-state index contributed by atoms with van der Waals surface area (Å²) in [6, 6.07) is 4.95. The second-order valence-corrected chi connectivity index (χ2v) is 4.66. The molecule has 114 valence electrons. The number of benzene rings is 1. The van der Waals surface area contributed by atoms with E-state index in [1.807, 2.05) is 13.8 Å². The summed E-state index contributed by atoms with van der Waals surface area (Å²) in [4.78, 5) is 0. The summed E-state index contributed by atoms with van der Waals surface area (Å²) < 4.78 is 44.3. The van der Waals surface area contributed by atoms with Gasteiger partial charge in [-0.15, -0.1) is 10.2 Å². The van der Waals surface area contributed by atoms with Crippen LogP contribution in [0.1, 0.15) is 37.8 Å². The van der Waals surface area contributed by atoms with Gasteiger partial charge in [-0.1, -0.05) is 19.1 Å². The topological polar surface area (TPSA) is 51.0 Å². The van der Waals surface area contributed by atoms with Gasteiger partial charge in [-0.05, 0) is 32.0 Å². The van der Waals surface area contributed by atoms with Crippen molar-refractivity contribution in [2.45, 2.75) is 32.5 Å². The molecule has 1 heterocycles. The van der Waals surface area contributed by atoms with Crippen LogP contribution in [0.5, 0.6) is 0 Å². The molecule has 0 spiro atoms. The third-order valence-electron chi connectivity index (χ3n) is 2.97. The van der Waals surface area contributed by atoms with Gasteiger partial charge in [0, 0.05) is 0 Å². The fourth-order valence-corrected chi connectivity index (χ4v) is 1.88. The van der Waals surface area contributed by atoms with Crippen LogP contribution in [-0.2, 0) is 6.18 Å². The van der Waals surface area contributed by atoms with Crippen LogP contribution in [0.25, 0.3) is 11.5 Å². The van der Waals surface area contributed by atoms with E-state index in [0.29, 0.717) is 0 Å². The summed E-state index contributed by atoms with van der Waals surface area (Å²) in [5.74, 6) is 0.151. The van der Waals surface area contributed by atoms with Gasteiger partial charge >= 0.3 is 6.18 Å². The fraction of sp³-hybridized carbons (Fsp3) is 0.429. The van der Waals surface area contributed by atoms with Gasteiger partial charge in [0.15, 0.2) is 0 Å².